The fourth-order valence-corrected chi connectivity index (χ4v) is 2.28. The van der Waals surface area contributed by atoms with Gasteiger partial charge in [0.15, 0.2) is 11.6 Å². The fraction of sp³-hybridized carbons (Fsp3) is 0.412. The van der Waals surface area contributed by atoms with E-state index in [2.05, 4.69) is 28.3 Å². The Bertz CT molecular complexity index is 647. The maximum atomic E-state index is 5.79. The molecule has 0 aliphatic carbocycles. The van der Waals surface area contributed by atoms with Gasteiger partial charge in [-0.15, -0.1) is 0 Å². The summed E-state index contributed by atoms with van der Waals surface area (Å²) < 4.78 is 16.3. The number of anilines is 1. The quantitative estimate of drug-likeness (QED) is 0.755. The summed E-state index contributed by atoms with van der Waals surface area (Å²) in [6, 6.07) is 6.14. The molecule has 0 aliphatic heterocycles. The van der Waals surface area contributed by atoms with E-state index in [1.54, 1.807) is 14.2 Å². The molecule has 2 aromatic rings. The Labute approximate surface area is 136 Å². The van der Waals surface area contributed by atoms with Crippen molar-refractivity contribution in [2.24, 2.45) is 0 Å². The molecule has 2 rings (SSSR count). The van der Waals surface area contributed by atoms with Gasteiger partial charge in [0.2, 0.25) is 0 Å². The lowest BCUT2D eigenvalue weighted by atomic mass is 10.1. The van der Waals surface area contributed by atoms with Gasteiger partial charge >= 0.3 is 0 Å². The van der Waals surface area contributed by atoms with Crippen molar-refractivity contribution in [1.82, 2.24) is 9.97 Å². The minimum absolute atomic E-state index is 0.374. The van der Waals surface area contributed by atoms with Crippen LogP contribution in [0.1, 0.15) is 16.8 Å². The van der Waals surface area contributed by atoms with Crippen molar-refractivity contribution in [3.8, 4) is 11.5 Å². The third kappa shape index (κ3) is 4.56. The molecule has 6 nitrogen and oxygen atoms in total. The van der Waals surface area contributed by atoms with Crippen molar-refractivity contribution in [1.29, 1.82) is 0 Å². The van der Waals surface area contributed by atoms with Crippen LogP contribution in [0.15, 0.2) is 24.5 Å². The molecular formula is C17H23N3O3. The van der Waals surface area contributed by atoms with Crippen LogP contribution >= 0.6 is 0 Å². The molecule has 0 saturated heterocycles. The molecule has 23 heavy (non-hydrogen) atoms. The van der Waals surface area contributed by atoms with Gasteiger partial charge in [-0.05, 0) is 25.5 Å². The summed E-state index contributed by atoms with van der Waals surface area (Å²) in [5.41, 5.74) is 3.07. The van der Waals surface area contributed by atoms with Crippen molar-refractivity contribution in [2.45, 2.75) is 20.5 Å². The highest BCUT2D eigenvalue weighted by atomic mass is 16.5. The average molecular weight is 317 g/mol. The first-order valence-corrected chi connectivity index (χ1v) is 7.46. The Morgan fingerprint density at radius 1 is 1.13 bits per heavy atom. The number of methoxy groups -OCH3 is 2. The van der Waals surface area contributed by atoms with E-state index >= 15 is 0 Å². The first-order chi connectivity index (χ1) is 11.2. The lowest BCUT2D eigenvalue weighted by Crippen LogP contribution is -2.14. The Morgan fingerprint density at radius 2 is 1.96 bits per heavy atom. The lowest BCUT2D eigenvalue weighted by Gasteiger charge is -2.14. The highest BCUT2D eigenvalue weighted by Gasteiger charge is 2.11. The summed E-state index contributed by atoms with van der Waals surface area (Å²) in [4.78, 5) is 8.37. The maximum absolute atomic E-state index is 5.79. The van der Waals surface area contributed by atoms with Crippen LogP contribution in [0.4, 0.5) is 5.82 Å². The van der Waals surface area contributed by atoms with Gasteiger partial charge in [0, 0.05) is 7.11 Å². The highest BCUT2D eigenvalue weighted by molar-refractivity contribution is 5.52. The SMILES string of the molecule is COCc1ncnc(NCCOc2ccc(C)cc2C)c1OC. The van der Waals surface area contributed by atoms with E-state index in [-0.39, 0.29) is 0 Å². The highest BCUT2D eigenvalue weighted by Crippen LogP contribution is 2.25. The van der Waals surface area contributed by atoms with E-state index in [1.807, 2.05) is 19.1 Å². The predicted molar refractivity (Wildman–Crippen MR) is 89.2 cm³/mol. The molecule has 0 unspecified atom stereocenters. The van der Waals surface area contributed by atoms with Gasteiger partial charge in [-0.1, -0.05) is 17.7 Å². The standard InChI is InChI=1S/C17H23N3O3/c1-12-5-6-15(13(2)9-12)23-8-7-18-17-16(22-4)14(10-21-3)19-11-20-17/h5-6,9,11H,7-8,10H2,1-4H3,(H,18,19,20). The first-order valence-electron chi connectivity index (χ1n) is 7.46. The van der Waals surface area contributed by atoms with Crippen LogP contribution < -0.4 is 14.8 Å². The number of aromatic nitrogens is 2. The molecule has 0 aliphatic rings. The van der Waals surface area contributed by atoms with Crippen molar-refractivity contribution >= 4 is 5.82 Å². The Balaban J connectivity index is 1.92. The van der Waals surface area contributed by atoms with Crippen LogP contribution in [-0.4, -0.2) is 37.3 Å². The number of benzene rings is 1. The van der Waals surface area contributed by atoms with E-state index in [0.29, 0.717) is 37.0 Å². The van der Waals surface area contributed by atoms with E-state index < -0.39 is 0 Å². The summed E-state index contributed by atoms with van der Waals surface area (Å²) in [5.74, 6) is 2.13. The Hall–Kier alpha value is -2.34. The zero-order chi connectivity index (χ0) is 16.7. The minimum atomic E-state index is 0.374. The van der Waals surface area contributed by atoms with Crippen LogP contribution in [0.5, 0.6) is 11.5 Å². The largest absolute Gasteiger partial charge is 0.491 e. The van der Waals surface area contributed by atoms with Crippen LogP contribution in [0.2, 0.25) is 0 Å². The molecule has 0 radical (unpaired) electrons. The van der Waals surface area contributed by atoms with Gasteiger partial charge in [0.05, 0.1) is 20.3 Å². The van der Waals surface area contributed by atoms with Crippen molar-refractivity contribution in [2.75, 3.05) is 32.7 Å². The number of rotatable bonds is 8. The molecule has 0 saturated carbocycles. The van der Waals surface area contributed by atoms with E-state index in [9.17, 15) is 0 Å². The zero-order valence-electron chi connectivity index (χ0n) is 14.0. The van der Waals surface area contributed by atoms with Crippen molar-refractivity contribution < 1.29 is 14.2 Å². The molecular weight excluding hydrogens is 294 g/mol. The van der Waals surface area contributed by atoms with Gasteiger partial charge in [-0.3, -0.25) is 0 Å². The van der Waals surface area contributed by atoms with Crippen molar-refractivity contribution in [3.63, 3.8) is 0 Å². The molecule has 0 atom stereocenters. The second kappa shape index (κ2) is 8.33. The van der Waals surface area contributed by atoms with E-state index in [1.165, 1.54) is 11.9 Å². The van der Waals surface area contributed by atoms with E-state index in [0.717, 1.165) is 11.3 Å². The predicted octanol–water partition coefficient (Wildman–Crippen LogP) is 2.74. The molecule has 0 bridgehead atoms. The summed E-state index contributed by atoms with van der Waals surface area (Å²) in [7, 11) is 3.21. The summed E-state index contributed by atoms with van der Waals surface area (Å²) in [6.07, 6.45) is 1.49. The number of aryl methyl sites for hydroxylation is 2. The number of nitrogens with zero attached hydrogens (tertiary/aromatic N) is 2. The maximum Gasteiger partial charge on any atom is 0.185 e. The molecule has 0 spiro atoms. The lowest BCUT2D eigenvalue weighted by molar-refractivity contribution is 0.178. The van der Waals surface area contributed by atoms with Crippen LogP contribution in [0.25, 0.3) is 0 Å². The minimum Gasteiger partial charge on any atom is -0.491 e. The fourth-order valence-electron chi connectivity index (χ4n) is 2.28. The molecule has 6 heteroatoms. The van der Waals surface area contributed by atoms with Gasteiger partial charge in [0.1, 0.15) is 24.4 Å². The summed E-state index contributed by atoms with van der Waals surface area (Å²) in [5, 5.41) is 3.21. The molecule has 0 amide bonds. The third-order valence-electron chi connectivity index (χ3n) is 3.35. The number of hydrogen-bond donors (Lipinski definition) is 1. The summed E-state index contributed by atoms with van der Waals surface area (Å²) >= 11 is 0. The number of ether oxygens (including phenoxy) is 3. The molecule has 1 aromatic heterocycles. The molecule has 124 valence electrons. The second-order valence-corrected chi connectivity index (χ2v) is 5.18. The average Bonchev–Trinajstić information content (AvgIpc) is 2.53. The zero-order valence-corrected chi connectivity index (χ0v) is 14.0. The first kappa shape index (κ1) is 17.0. The third-order valence-corrected chi connectivity index (χ3v) is 3.35. The van der Waals surface area contributed by atoms with Crippen LogP contribution in [0.3, 0.4) is 0 Å². The Morgan fingerprint density at radius 3 is 2.65 bits per heavy atom. The number of hydrogen-bond acceptors (Lipinski definition) is 6. The van der Waals surface area contributed by atoms with Gasteiger partial charge in [-0.2, -0.15) is 0 Å². The van der Waals surface area contributed by atoms with Crippen LogP contribution in [0, 0.1) is 13.8 Å². The normalized spacial score (nSPS) is 10.4. The van der Waals surface area contributed by atoms with Crippen LogP contribution in [-0.2, 0) is 11.3 Å². The molecule has 1 N–H and O–H groups in total. The van der Waals surface area contributed by atoms with Gasteiger partial charge in [0.25, 0.3) is 0 Å². The van der Waals surface area contributed by atoms with Gasteiger partial charge in [-0.25, -0.2) is 9.97 Å². The molecule has 0 fully saturated rings. The van der Waals surface area contributed by atoms with E-state index in [4.69, 9.17) is 14.2 Å². The summed E-state index contributed by atoms with van der Waals surface area (Å²) in [6.45, 7) is 5.61. The number of nitrogens with one attached hydrogen (secondary N) is 1. The second-order valence-electron chi connectivity index (χ2n) is 5.18. The topological polar surface area (TPSA) is 65.5 Å². The molecule has 1 heterocycles. The van der Waals surface area contributed by atoms with Crippen molar-refractivity contribution in [3.05, 3.63) is 41.3 Å². The van der Waals surface area contributed by atoms with Gasteiger partial charge < -0.3 is 19.5 Å². The smallest absolute Gasteiger partial charge is 0.185 e. The Kier molecular flexibility index (Phi) is 6.17. The molecule has 1 aromatic carbocycles. The monoisotopic (exact) mass is 317 g/mol.